The third-order valence-electron chi connectivity index (χ3n) is 5.16. The third-order valence-corrected chi connectivity index (χ3v) is 6.53. The Balaban J connectivity index is 0.00000341. The van der Waals surface area contributed by atoms with Gasteiger partial charge in [0.2, 0.25) is 0 Å². The summed E-state index contributed by atoms with van der Waals surface area (Å²) in [5.41, 5.74) is 4.13. The van der Waals surface area contributed by atoms with E-state index in [0.29, 0.717) is 11.6 Å². The van der Waals surface area contributed by atoms with Gasteiger partial charge < -0.3 is 4.90 Å². The molecule has 7 heteroatoms. The number of carbonyl (C=O) groups is 1. The molecule has 166 valence electrons. The molecule has 1 amide bonds. The minimum atomic E-state index is -0.0875. The fourth-order valence-corrected chi connectivity index (χ4v) is 4.79. The van der Waals surface area contributed by atoms with E-state index in [1.165, 1.54) is 5.56 Å². The maximum absolute atomic E-state index is 13.2. The van der Waals surface area contributed by atoms with Gasteiger partial charge in [0.1, 0.15) is 0 Å². The van der Waals surface area contributed by atoms with Crippen molar-refractivity contribution in [1.29, 1.82) is 0 Å². The van der Waals surface area contributed by atoms with E-state index in [0.717, 1.165) is 46.1 Å². The lowest BCUT2D eigenvalue weighted by atomic mass is 10.1. The number of aryl methyl sites for hydroxylation is 2. The Morgan fingerprint density at radius 3 is 2.52 bits per heavy atom. The molecule has 0 radical (unpaired) electrons. The SMILES string of the molecule is CCN(CC)CCN(C(=O)C=Cc1ccccc1Cl)c1nc2c(C)cc(C)cc2s1.Cl. The Kier molecular flexibility index (Phi) is 9.51. The summed E-state index contributed by atoms with van der Waals surface area (Å²) in [6.07, 6.45) is 3.37. The van der Waals surface area contributed by atoms with Gasteiger partial charge in [-0.15, -0.1) is 12.4 Å². The first-order chi connectivity index (χ1) is 14.4. The highest BCUT2D eigenvalue weighted by atomic mass is 35.5. The van der Waals surface area contributed by atoms with E-state index in [1.807, 2.05) is 24.3 Å². The van der Waals surface area contributed by atoms with E-state index < -0.39 is 0 Å². The van der Waals surface area contributed by atoms with Crippen LogP contribution >= 0.6 is 35.3 Å². The number of benzene rings is 2. The first-order valence-electron chi connectivity index (χ1n) is 10.3. The summed E-state index contributed by atoms with van der Waals surface area (Å²) >= 11 is 7.81. The Bertz CT molecular complexity index is 1060. The molecule has 0 saturated carbocycles. The summed E-state index contributed by atoms with van der Waals surface area (Å²) in [7, 11) is 0. The molecule has 0 aliphatic heterocycles. The quantitative estimate of drug-likeness (QED) is 0.353. The molecule has 4 nitrogen and oxygen atoms in total. The zero-order valence-electron chi connectivity index (χ0n) is 18.4. The second-order valence-corrected chi connectivity index (χ2v) is 8.71. The maximum Gasteiger partial charge on any atom is 0.252 e. The van der Waals surface area contributed by atoms with E-state index in [9.17, 15) is 4.79 Å². The first-order valence-corrected chi connectivity index (χ1v) is 11.5. The summed E-state index contributed by atoms with van der Waals surface area (Å²) in [6.45, 7) is 11.7. The topological polar surface area (TPSA) is 36.4 Å². The van der Waals surface area contributed by atoms with Crippen LogP contribution in [0, 0.1) is 13.8 Å². The summed E-state index contributed by atoms with van der Waals surface area (Å²) in [4.78, 5) is 22.1. The molecule has 0 atom stereocenters. The van der Waals surface area contributed by atoms with Crippen molar-refractivity contribution < 1.29 is 4.79 Å². The van der Waals surface area contributed by atoms with Crippen molar-refractivity contribution in [1.82, 2.24) is 9.88 Å². The fraction of sp³-hybridized carbons (Fsp3) is 0.333. The van der Waals surface area contributed by atoms with E-state index in [2.05, 4.69) is 44.7 Å². The van der Waals surface area contributed by atoms with Crippen molar-refractivity contribution in [3.8, 4) is 0 Å². The minimum absolute atomic E-state index is 0. The molecule has 3 aromatic rings. The number of likely N-dealkylation sites (N-methyl/N-ethyl adjacent to an activating group) is 1. The normalized spacial score (nSPS) is 11.3. The van der Waals surface area contributed by atoms with Gasteiger partial charge in [0.25, 0.3) is 5.91 Å². The molecule has 2 aromatic carbocycles. The molecular formula is C24H29Cl2N3OS. The number of fused-ring (bicyclic) bond motifs is 1. The molecule has 0 aliphatic carbocycles. The van der Waals surface area contributed by atoms with E-state index in [-0.39, 0.29) is 18.3 Å². The summed E-state index contributed by atoms with van der Waals surface area (Å²) < 4.78 is 1.11. The van der Waals surface area contributed by atoms with Gasteiger partial charge in [0, 0.05) is 24.2 Å². The summed E-state index contributed by atoms with van der Waals surface area (Å²) in [5, 5.41) is 1.36. The van der Waals surface area contributed by atoms with Gasteiger partial charge >= 0.3 is 0 Å². The highest BCUT2D eigenvalue weighted by molar-refractivity contribution is 7.22. The van der Waals surface area contributed by atoms with Crippen LogP contribution in [0.15, 0.2) is 42.5 Å². The molecule has 0 fully saturated rings. The first kappa shape index (κ1) is 25.3. The van der Waals surface area contributed by atoms with Crippen LogP contribution < -0.4 is 4.90 Å². The second kappa shape index (κ2) is 11.6. The number of nitrogens with zero attached hydrogens (tertiary/aromatic N) is 3. The molecule has 0 saturated heterocycles. The molecule has 1 heterocycles. The van der Waals surface area contributed by atoms with Crippen molar-refractivity contribution in [2.24, 2.45) is 0 Å². The zero-order chi connectivity index (χ0) is 21.7. The van der Waals surface area contributed by atoms with Crippen LogP contribution in [-0.4, -0.2) is 42.0 Å². The van der Waals surface area contributed by atoms with Crippen molar-refractivity contribution in [3.63, 3.8) is 0 Å². The predicted octanol–water partition coefficient (Wildman–Crippen LogP) is 6.38. The lowest BCUT2D eigenvalue weighted by Crippen LogP contribution is -2.38. The Hall–Kier alpha value is -1.92. The lowest BCUT2D eigenvalue weighted by Gasteiger charge is -2.23. The van der Waals surface area contributed by atoms with E-state index >= 15 is 0 Å². The number of halogens is 2. The van der Waals surface area contributed by atoms with Crippen molar-refractivity contribution in [2.75, 3.05) is 31.1 Å². The maximum atomic E-state index is 13.2. The molecule has 0 unspecified atom stereocenters. The number of carbonyl (C=O) groups excluding carboxylic acids is 1. The lowest BCUT2D eigenvalue weighted by molar-refractivity contribution is -0.114. The number of amides is 1. The number of thiazole rings is 1. The third kappa shape index (κ3) is 6.30. The predicted molar refractivity (Wildman–Crippen MR) is 137 cm³/mol. The van der Waals surface area contributed by atoms with E-state index in [4.69, 9.17) is 16.6 Å². The van der Waals surface area contributed by atoms with Gasteiger partial charge in [0.15, 0.2) is 5.13 Å². The molecule has 31 heavy (non-hydrogen) atoms. The van der Waals surface area contributed by atoms with Crippen LogP contribution in [0.5, 0.6) is 0 Å². The smallest absolute Gasteiger partial charge is 0.252 e. The van der Waals surface area contributed by atoms with E-state index in [1.54, 1.807) is 28.4 Å². The van der Waals surface area contributed by atoms with Gasteiger partial charge in [-0.1, -0.05) is 61.1 Å². The molecule has 0 spiro atoms. The molecule has 0 bridgehead atoms. The fourth-order valence-electron chi connectivity index (χ4n) is 3.42. The average molecular weight is 478 g/mol. The molecular weight excluding hydrogens is 449 g/mol. The van der Waals surface area contributed by atoms with Gasteiger partial charge in [-0.05, 0) is 61.8 Å². The van der Waals surface area contributed by atoms with Crippen LogP contribution in [0.4, 0.5) is 5.13 Å². The van der Waals surface area contributed by atoms with Gasteiger partial charge in [-0.3, -0.25) is 9.69 Å². The molecule has 3 rings (SSSR count). The largest absolute Gasteiger partial charge is 0.302 e. The minimum Gasteiger partial charge on any atom is -0.302 e. The number of anilines is 1. The number of hydrogen-bond donors (Lipinski definition) is 0. The van der Waals surface area contributed by atoms with Gasteiger partial charge in [0.05, 0.1) is 10.2 Å². The standard InChI is InChI=1S/C24H28ClN3OS.ClH/c1-5-27(6-2)13-14-28(22(29)12-11-19-9-7-8-10-20(19)25)24-26-23-18(4)15-17(3)16-21(23)30-24;/h7-12,15-16H,5-6,13-14H2,1-4H3;1H. The Morgan fingerprint density at radius 2 is 1.84 bits per heavy atom. The highest BCUT2D eigenvalue weighted by Gasteiger charge is 2.19. The van der Waals surface area contributed by atoms with Crippen molar-refractivity contribution in [3.05, 3.63) is 64.2 Å². The zero-order valence-corrected chi connectivity index (χ0v) is 20.8. The average Bonchev–Trinajstić information content (AvgIpc) is 3.14. The summed E-state index contributed by atoms with van der Waals surface area (Å²) in [5.74, 6) is -0.0875. The molecule has 0 N–H and O–H groups in total. The van der Waals surface area contributed by atoms with Crippen LogP contribution in [-0.2, 0) is 4.79 Å². The molecule has 0 aliphatic rings. The number of rotatable bonds is 8. The van der Waals surface area contributed by atoms with Crippen LogP contribution in [0.2, 0.25) is 5.02 Å². The molecule has 1 aromatic heterocycles. The Morgan fingerprint density at radius 1 is 1.13 bits per heavy atom. The summed E-state index contributed by atoms with van der Waals surface area (Å²) in [6, 6.07) is 11.8. The number of hydrogen-bond acceptors (Lipinski definition) is 4. The van der Waals surface area contributed by atoms with Gasteiger partial charge in [-0.25, -0.2) is 4.98 Å². The Labute approximate surface area is 199 Å². The van der Waals surface area contributed by atoms with Crippen molar-refractivity contribution in [2.45, 2.75) is 27.7 Å². The van der Waals surface area contributed by atoms with Gasteiger partial charge in [-0.2, -0.15) is 0 Å². The van der Waals surface area contributed by atoms with Crippen LogP contribution in [0.25, 0.3) is 16.3 Å². The van der Waals surface area contributed by atoms with Crippen LogP contribution in [0.3, 0.4) is 0 Å². The van der Waals surface area contributed by atoms with Crippen molar-refractivity contribution >= 4 is 62.7 Å². The second-order valence-electron chi connectivity index (χ2n) is 7.30. The highest BCUT2D eigenvalue weighted by Crippen LogP contribution is 2.32. The monoisotopic (exact) mass is 477 g/mol. The number of aromatic nitrogens is 1. The van der Waals surface area contributed by atoms with Crippen LogP contribution in [0.1, 0.15) is 30.5 Å².